The van der Waals surface area contributed by atoms with E-state index in [0.717, 1.165) is 25.0 Å². The molecule has 0 bridgehead atoms. The number of carbonyl (C=O) groups is 2. The van der Waals surface area contributed by atoms with Crippen LogP contribution in [0.15, 0.2) is 59.0 Å². The van der Waals surface area contributed by atoms with Crippen molar-refractivity contribution in [3.63, 3.8) is 0 Å². The minimum Gasteiger partial charge on any atom is -0.506 e. The highest BCUT2D eigenvalue weighted by Gasteiger charge is 2.18. The van der Waals surface area contributed by atoms with E-state index in [1.165, 1.54) is 34.4 Å². The number of phenolic OH excluding ortho intramolecular Hbond substituents is 1. The Kier molecular flexibility index (Phi) is 8.86. The molecule has 0 aliphatic heterocycles. The van der Waals surface area contributed by atoms with E-state index >= 15 is 0 Å². The van der Waals surface area contributed by atoms with Crippen LogP contribution in [0, 0.1) is 0 Å². The summed E-state index contributed by atoms with van der Waals surface area (Å²) in [5.41, 5.74) is 7.20. The van der Waals surface area contributed by atoms with Crippen LogP contribution < -0.4 is 10.9 Å². The Morgan fingerprint density at radius 1 is 1.03 bits per heavy atom. The van der Waals surface area contributed by atoms with Crippen molar-refractivity contribution in [1.29, 1.82) is 0 Å². The van der Waals surface area contributed by atoms with E-state index in [1.807, 2.05) is 0 Å². The molecule has 1 aromatic heterocycles. The molecule has 0 saturated heterocycles. The zero-order valence-electron chi connectivity index (χ0n) is 20.6. The van der Waals surface area contributed by atoms with Crippen LogP contribution in [-0.4, -0.2) is 43.9 Å². The number of carboxylic acid groups (broad SMARTS) is 2. The summed E-state index contributed by atoms with van der Waals surface area (Å²) >= 11 is 0. The van der Waals surface area contributed by atoms with Crippen molar-refractivity contribution in [3.05, 3.63) is 92.4 Å². The molecule has 2 aromatic carbocycles. The van der Waals surface area contributed by atoms with Crippen LogP contribution >= 0.6 is 0 Å². The summed E-state index contributed by atoms with van der Waals surface area (Å²) in [4.78, 5) is 33.3. The number of rotatable bonds is 8. The number of nitrogens with one attached hydrogen (secondary N) is 2. The molecule has 0 radical (unpaired) electrons. The van der Waals surface area contributed by atoms with Gasteiger partial charge in [0, 0.05) is 42.3 Å². The number of phenols is 1. The fraction of sp³-hybridized carbons (Fsp3) is 0.250. The number of benzene rings is 2. The largest absolute Gasteiger partial charge is 0.506 e. The second-order valence-corrected chi connectivity index (χ2v) is 8.56. The van der Waals surface area contributed by atoms with E-state index in [9.17, 15) is 24.6 Å². The zero-order chi connectivity index (χ0) is 27.1. The van der Waals surface area contributed by atoms with E-state index in [4.69, 9.17) is 10.2 Å². The number of aliphatic carboxylic acids is 2. The SMILES string of the molecule is CCc1cc2c(cc1CC)CC(NCC(O)c1ccc(O)c3[nH]c(=O)ccc13)=C2.O=C(O)/C=C\C(=O)O. The number of allylic oxidation sites excluding steroid dienone is 1. The van der Waals surface area contributed by atoms with Gasteiger partial charge < -0.3 is 30.7 Å². The molecule has 4 rings (SSSR count). The van der Waals surface area contributed by atoms with Crippen LogP contribution in [-0.2, 0) is 28.9 Å². The third kappa shape index (κ3) is 6.86. The molecule has 6 N–H and O–H groups in total. The van der Waals surface area contributed by atoms with Crippen LogP contribution in [0.3, 0.4) is 0 Å². The van der Waals surface area contributed by atoms with E-state index < -0.39 is 18.0 Å². The predicted octanol–water partition coefficient (Wildman–Crippen LogP) is 3.29. The summed E-state index contributed by atoms with van der Waals surface area (Å²) in [6, 6.07) is 10.8. The lowest BCUT2D eigenvalue weighted by Gasteiger charge is -2.16. The van der Waals surface area contributed by atoms with Crippen molar-refractivity contribution >= 4 is 28.9 Å². The van der Waals surface area contributed by atoms with Gasteiger partial charge in [0.25, 0.3) is 0 Å². The van der Waals surface area contributed by atoms with Gasteiger partial charge in [0.05, 0.1) is 11.6 Å². The van der Waals surface area contributed by atoms with Crippen molar-refractivity contribution < 1.29 is 30.0 Å². The lowest BCUT2D eigenvalue weighted by Crippen LogP contribution is -2.21. The van der Waals surface area contributed by atoms with Gasteiger partial charge in [-0.3, -0.25) is 4.79 Å². The summed E-state index contributed by atoms with van der Waals surface area (Å²) < 4.78 is 0. The van der Waals surface area contributed by atoms with Crippen LogP contribution in [0.2, 0.25) is 0 Å². The molecule has 0 amide bonds. The smallest absolute Gasteiger partial charge is 0.328 e. The summed E-state index contributed by atoms with van der Waals surface area (Å²) in [5, 5.41) is 40.4. The van der Waals surface area contributed by atoms with Gasteiger partial charge in [0.15, 0.2) is 0 Å². The van der Waals surface area contributed by atoms with Crippen LogP contribution in [0.1, 0.15) is 47.8 Å². The molecule has 37 heavy (non-hydrogen) atoms. The number of aliphatic hydroxyl groups excluding tert-OH is 1. The molecule has 3 aromatic rings. The molecule has 0 saturated carbocycles. The monoisotopic (exact) mass is 506 g/mol. The molecule has 9 nitrogen and oxygen atoms in total. The second kappa shape index (κ2) is 12.0. The Morgan fingerprint density at radius 3 is 2.30 bits per heavy atom. The topological polar surface area (TPSA) is 160 Å². The van der Waals surface area contributed by atoms with Gasteiger partial charge >= 0.3 is 11.9 Å². The minimum atomic E-state index is -1.26. The molecular formula is C28H30N2O7. The fourth-order valence-corrected chi connectivity index (χ4v) is 4.29. The highest BCUT2D eigenvalue weighted by molar-refractivity contribution is 5.89. The Hall–Kier alpha value is -4.37. The van der Waals surface area contributed by atoms with Gasteiger partial charge in [0.1, 0.15) is 5.75 Å². The highest BCUT2D eigenvalue weighted by Crippen LogP contribution is 2.30. The summed E-state index contributed by atoms with van der Waals surface area (Å²) in [5.74, 6) is -2.52. The minimum absolute atomic E-state index is 0.00554. The quantitative estimate of drug-likeness (QED) is 0.254. The summed E-state index contributed by atoms with van der Waals surface area (Å²) in [6.07, 6.45) is 5.40. The Balaban J connectivity index is 0.000000414. The first kappa shape index (κ1) is 27.2. The van der Waals surface area contributed by atoms with Crippen LogP contribution in [0.5, 0.6) is 5.75 Å². The number of aryl methyl sites for hydroxylation is 2. The first-order chi connectivity index (χ1) is 17.6. The Morgan fingerprint density at radius 2 is 1.68 bits per heavy atom. The maximum absolute atomic E-state index is 11.6. The van der Waals surface area contributed by atoms with E-state index in [0.29, 0.717) is 35.2 Å². The van der Waals surface area contributed by atoms with Crippen molar-refractivity contribution in [2.75, 3.05) is 6.54 Å². The summed E-state index contributed by atoms with van der Waals surface area (Å²) in [7, 11) is 0. The van der Waals surface area contributed by atoms with E-state index in [1.54, 1.807) is 12.1 Å². The first-order valence-corrected chi connectivity index (χ1v) is 11.9. The molecular weight excluding hydrogens is 476 g/mol. The summed E-state index contributed by atoms with van der Waals surface area (Å²) in [6.45, 7) is 4.72. The van der Waals surface area contributed by atoms with Gasteiger partial charge in [-0.2, -0.15) is 0 Å². The van der Waals surface area contributed by atoms with Gasteiger partial charge in [-0.15, -0.1) is 0 Å². The highest BCUT2D eigenvalue weighted by atomic mass is 16.4. The lowest BCUT2D eigenvalue weighted by molar-refractivity contribution is -0.134. The molecule has 1 aliphatic rings. The molecule has 9 heteroatoms. The predicted molar refractivity (Wildman–Crippen MR) is 140 cm³/mol. The number of aromatic hydroxyl groups is 1. The number of hydrogen-bond donors (Lipinski definition) is 6. The van der Waals surface area contributed by atoms with Gasteiger partial charge in [-0.1, -0.05) is 32.0 Å². The Labute approximate surface area is 213 Å². The van der Waals surface area contributed by atoms with E-state index in [2.05, 4.69) is 42.4 Å². The average Bonchev–Trinajstić information content (AvgIpc) is 3.27. The van der Waals surface area contributed by atoms with Gasteiger partial charge in [-0.25, -0.2) is 9.59 Å². The fourth-order valence-electron chi connectivity index (χ4n) is 4.29. The Bertz CT molecular complexity index is 1420. The third-order valence-corrected chi connectivity index (χ3v) is 6.09. The maximum atomic E-state index is 11.6. The number of pyridine rings is 1. The molecule has 194 valence electrons. The molecule has 1 aliphatic carbocycles. The molecule has 1 atom stereocenters. The number of H-pyrrole nitrogens is 1. The average molecular weight is 507 g/mol. The standard InChI is InChI=1S/C24H26N2O3.C4H4O4/c1-3-14-9-16-11-18(12-17(16)10-15(14)4-2)25-13-22(28)19-5-7-21(27)24-20(19)6-8-23(29)26-24;5-3(6)1-2-4(7)8/h5-11,22,25,27-28H,3-4,12-13H2,1-2H3,(H,26,29);1-2H,(H,5,6)(H,7,8)/b;2-1-. The first-order valence-electron chi connectivity index (χ1n) is 11.9. The number of aromatic nitrogens is 1. The number of aliphatic hydroxyl groups is 1. The lowest BCUT2D eigenvalue weighted by atomic mass is 9.97. The van der Waals surface area contributed by atoms with Crippen molar-refractivity contribution in [2.24, 2.45) is 0 Å². The van der Waals surface area contributed by atoms with Gasteiger partial charge in [0.2, 0.25) is 5.56 Å². The maximum Gasteiger partial charge on any atom is 0.328 e. The number of hydrogen-bond acceptors (Lipinski definition) is 6. The van der Waals surface area contributed by atoms with Crippen LogP contribution in [0.4, 0.5) is 0 Å². The number of aromatic amines is 1. The molecule has 1 unspecified atom stereocenters. The second-order valence-electron chi connectivity index (χ2n) is 8.56. The van der Waals surface area contributed by atoms with Crippen molar-refractivity contribution in [1.82, 2.24) is 10.3 Å². The number of carboxylic acids is 2. The number of fused-ring (bicyclic) bond motifs is 2. The van der Waals surface area contributed by atoms with Crippen molar-refractivity contribution in [3.8, 4) is 5.75 Å². The molecule has 1 heterocycles. The molecule has 0 fully saturated rings. The van der Waals surface area contributed by atoms with E-state index in [-0.39, 0.29) is 11.3 Å². The van der Waals surface area contributed by atoms with Crippen LogP contribution in [0.25, 0.3) is 17.0 Å². The normalized spacial score (nSPS) is 13.0. The molecule has 0 spiro atoms. The van der Waals surface area contributed by atoms with Gasteiger partial charge in [-0.05, 0) is 58.9 Å². The van der Waals surface area contributed by atoms with Crippen molar-refractivity contribution in [2.45, 2.75) is 39.2 Å². The third-order valence-electron chi connectivity index (χ3n) is 6.09. The zero-order valence-corrected chi connectivity index (χ0v) is 20.6.